The zero-order valence-corrected chi connectivity index (χ0v) is 11.6. The highest BCUT2D eigenvalue weighted by molar-refractivity contribution is 5.50. The number of ether oxygens (including phenoxy) is 2. The van der Waals surface area contributed by atoms with E-state index in [-0.39, 0.29) is 0 Å². The molecule has 0 atom stereocenters. The van der Waals surface area contributed by atoms with Crippen molar-refractivity contribution in [1.29, 1.82) is 0 Å². The van der Waals surface area contributed by atoms with Crippen LogP contribution in [0, 0.1) is 0 Å². The minimum absolute atomic E-state index is 0.413. The van der Waals surface area contributed by atoms with E-state index in [1.54, 1.807) is 7.11 Å². The van der Waals surface area contributed by atoms with Crippen LogP contribution in [-0.2, 0) is 4.74 Å². The minimum atomic E-state index is 0.413. The first-order valence-corrected chi connectivity index (χ1v) is 6.96. The van der Waals surface area contributed by atoms with Crippen LogP contribution >= 0.6 is 0 Å². The third-order valence-corrected chi connectivity index (χ3v) is 3.61. The quantitative estimate of drug-likeness (QED) is 0.887. The molecule has 0 aliphatic heterocycles. The number of rotatable bonds is 5. The Morgan fingerprint density at radius 3 is 2.45 bits per heavy atom. The van der Waals surface area contributed by atoms with Gasteiger partial charge in [-0.2, -0.15) is 0 Å². The summed E-state index contributed by atoms with van der Waals surface area (Å²) in [5, 5.41) is 3.51. The molecule has 0 heterocycles. The minimum Gasteiger partial charge on any atom is -0.457 e. The lowest BCUT2D eigenvalue weighted by Crippen LogP contribution is -2.40. The fourth-order valence-electron chi connectivity index (χ4n) is 2.39. The predicted molar refractivity (Wildman–Crippen MR) is 80.4 cm³/mol. The average molecular weight is 269 g/mol. The SMILES string of the molecule is COC1CC(Nc2cccc(Oc3ccccc3)c2)C1. The van der Waals surface area contributed by atoms with Crippen molar-refractivity contribution in [3.05, 3.63) is 54.6 Å². The summed E-state index contributed by atoms with van der Waals surface area (Å²) in [5.74, 6) is 1.71. The van der Waals surface area contributed by atoms with Crippen molar-refractivity contribution < 1.29 is 9.47 Å². The number of benzene rings is 2. The van der Waals surface area contributed by atoms with Gasteiger partial charge in [0.1, 0.15) is 11.5 Å². The van der Waals surface area contributed by atoms with Gasteiger partial charge in [-0.15, -0.1) is 0 Å². The average Bonchev–Trinajstić information content (AvgIpc) is 2.44. The Morgan fingerprint density at radius 1 is 0.950 bits per heavy atom. The zero-order valence-electron chi connectivity index (χ0n) is 11.6. The molecule has 1 N–H and O–H groups in total. The molecule has 20 heavy (non-hydrogen) atoms. The first-order valence-electron chi connectivity index (χ1n) is 6.96. The monoisotopic (exact) mass is 269 g/mol. The van der Waals surface area contributed by atoms with E-state index in [0.29, 0.717) is 12.1 Å². The molecule has 1 aliphatic carbocycles. The number of para-hydroxylation sites is 1. The largest absolute Gasteiger partial charge is 0.457 e. The molecule has 104 valence electrons. The van der Waals surface area contributed by atoms with Crippen molar-refractivity contribution in [2.45, 2.75) is 25.0 Å². The van der Waals surface area contributed by atoms with E-state index in [0.717, 1.165) is 30.0 Å². The van der Waals surface area contributed by atoms with Gasteiger partial charge in [0.2, 0.25) is 0 Å². The molecule has 2 aromatic carbocycles. The van der Waals surface area contributed by atoms with E-state index in [4.69, 9.17) is 9.47 Å². The second-order valence-corrected chi connectivity index (χ2v) is 5.11. The van der Waals surface area contributed by atoms with Gasteiger partial charge in [0.05, 0.1) is 6.10 Å². The van der Waals surface area contributed by atoms with Gasteiger partial charge >= 0.3 is 0 Å². The third-order valence-electron chi connectivity index (χ3n) is 3.61. The van der Waals surface area contributed by atoms with Crippen LogP contribution in [0.3, 0.4) is 0 Å². The maximum Gasteiger partial charge on any atom is 0.129 e. The van der Waals surface area contributed by atoms with Crippen LogP contribution in [0.25, 0.3) is 0 Å². The topological polar surface area (TPSA) is 30.5 Å². The van der Waals surface area contributed by atoms with E-state index in [2.05, 4.69) is 11.4 Å². The van der Waals surface area contributed by atoms with Gasteiger partial charge < -0.3 is 14.8 Å². The van der Waals surface area contributed by atoms with E-state index >= 15 is 0 Å². The molecule has 0 radical (unpaired) electrons. The molecule has 0 bridgehead atoms. The Bertz CT molecular complexity index is 550. The van der Waals surface area contributed by atoms with Gasteiger partial charge in [-0.3, -0.25) is 0 Å². The number of anilines is 1. The molecular formula is C17H19NO2. The third kappa shape index (κ3) is 3.11. The number of hydrogen-bond donors (Lipinski definition) is 1. The Morgan fingerprint density at radius 2 is 1.70 bits per heavy atom. The van der Waals surface area contributed by atoms with Crippen LogP contribution in [0.1, 0.15) is 12.8 Å². The highest BCUT2D eigenvalue weighted by atomic mass is 16.5. The summed E-state index contributed by atoms with van der Waals surface area (Å²) in [6, 6.07) is 18.4. The van der Waals surface area contributed by atoms with Crippen LogP contribution in [0.15, 0.2) is 54.6 Å². The summed E-state index contributed by atoms with van der Waals surface area (Å²) in [4.78, 5) is 0. The second kappa shape index (κ2) is 5.97. The van der Waals surface area contributed by atoms with Crippen LogP contribution < -0.4 is 10.1 Å². The molecule has 0 spiro atoms. The van der Waals surface area contributed by atoms with Gasteiger partial charge in [0, 0.05) is 24.9 Å². The maximum atomic E-state index is 5.83. The smallest absolute Gasteiger partial charge is 0.129 e. The molecule has 1 fully saturated rings. The van der Waals surface area contributed by atoms with Gasteiger partial charge in [-0.1, -0.05) is 24.3 Å². The second-order valence-electron chi connectivity index (χ2n) is 5.11. The predicted octanol–water partition coefficient (Wildman–Crippen LogP) is 4.07. The fourth-order valence-corrected chi connectivity index (χ4v) is 2.39. The summed E-state index contributed by atoms with van der Waals surface area (Å²) < 4.78 is 11.1. The van der Waals surface area contributed by atoms with Crippen molar-refractivity contribution in [1.82, 2.24) is 0 Å². The van der Waals surface area contributed by atoms with E-state index < -0.39 is 0 Å². The van der Waals surface area contributed by atoms with Gasteiger partial charge in [0.15, 0.2) is 0 Å². The summed E-state index contributed by atoms with van der Waals surface area (Å²) in [7, 11) is 1.77. The van der Waals surface area contributed by atoms with Crippen LogP contribution in [0.5, 0.6) is 11.5 Å². The molecular weight excluding hydrogens is 250 g/mol. The molecule has 0 amide bonds. The van der Waals surface area contributed by atoms with E-state index in [1.807, 2.05) is 48.5 Å². The highest BCUT2D eigenvalue weighted by Gasteiger charge is 2.28. The van der Waals surface area contributed by atoms with Gasteiger partial charge in [-0.25, -0.2) is 0 Å². The van der Waals surface area contributed by atoms with Crippen LogP contribution in [0.4, 0.5) is 5.69 Å². The number of nitrogens with one attached hydrogen (secondary N) is 1. The van der Waals surface area contributed by atoms with E-state index in [1.165, 1.54) is 0 Å². The lowest BCUT2D eigenvalue weighted by Gasteiger charge is -2.35. The lowest BCUT2D eigenvalue weighted by atomic mass is 9.89. The fraction of sp³-hybridized carbons (Fsp3) is 0.294. The molecule has 3 nitrogen and oxygen atoms in total. The van der Waals surface area contributed by atoms with Crippen molar-refractivity contribution in [3.8, 4) is 11.5 Å². The molecule has 3 heteroatoms. The maximum absolute atomic E-state index is 5.83. The Hall–Kier alpha value is -2.00. The molecule has 2 aromatic rings. The Balaban J connectivity index is 1.61. The molecule has 3 rings (SSSR count). The molecule has 0 saturated heterocycles. The lowest BCUT2D eigenvalue weighted by molar-refractivity contribution is 0.0329. The molecule has 0 aromatic heterocycles. The summed E-state index contributed by atoms with van der Waals surface area (Å²) >= 11 is 0. The first-order chi connectivity index (χ1) is 9.83. The Kier molecular flexibility index (Phi) is 3.88. The van der Waals surface area contributed by atoms with Gasteiger partial charge in [-0.05, 0) is 37.1 Å². The van der Waals surface area contributed by atoms with Gasteiger partial charge in [0.25, 0.3) is 0 Å². The molecule has 1 saturated carbocycles. The normalized spacial score (nSPS) is 21.1. The Labute approximate surface area is 119 Å². The van der Waals surface area contributed by atoms with Crippen molar-refractivity contribution in [3.63, 3.8) is 0 Å². The van der Waals surface area contributed by atoms with E-state index in [9.17, 15) is 0 Å². The number of hydrogen-bond acceptors (Lipinski definition) is 3. The summed E-state index contributed by atoms with van der Waals surface area (Å²) in [5.41, 5.74) is 1.10. The first kappa shape index (κ1) is 13.0. The zero-order chi connectivity index (χ0) is 13.8. The van der Waals surface area contributed by atoms with Crippen molar-refractivity contribution in [2.75, 3.05) is 12.4 Å². The highest BCUT2D eigenvalue weighted by Crippen LogP contribution is 2.29. The standard InChI is InChI=1S/C17H19NO2/c1-19-17-11-14(12-17)18-13-6-5-9-16(10-13)20-15-7-3-2-4-8-15/h2-10,14,17-18H,11-12H2,1H3. The molecule has 1 aliphatic rings. The van der Waals surface area contributed by atoms with Crippen LogP contribution in [-0.4, -0.2) is 19.3 Å². The summed E-state index contributed by atoms with van der Waals surface area (Å²) in [6.45, 7) is 0. The van der Waals surface area contributed by atoms with Crippen LogP contribution in [0.2, 0.25) is 0 Å². The molecule has 0 unspecified atom stereocenters. The van der Waals surface area contributed by atoms with Crippen molar-refractivity contribution in [2.24, 2.45) is 0 Å². The number of methoxy groups -OCH3 is 1. The van der Waals surface area contributed by atoms with Crippen molar-refractivity contribution >= 4 is 5.69 Å². The summed E-state index contributed by atoms with van der Waals surface area (Å²) in [6.07, 6.45) is 2.55.